The van der Waals surface area contributed by atoms with Crippen molar-refractivity contribution in [1.82, 2.24) is 15.5 Å². The number of hydrogen-bond acceptors (Lipinski definition) is 4. The summed E-state index contributed by atoms with van der Waals surface area (Å²) in [6.07, 6.45) is 5.52. The molecule has 3 fully saturated rings. The Kier molecular flexibility index (Phi) is 2.97. The molecule has 0 radical (unpaired) electrons. The Morgan fingerprint density at radius 1 is 1.15 bits per heavy atom. The minimum Gasteiger partial charge on any atom is -0.312 e. The second kappa shape index (κ2) is 4.51. The van der Waals surface area contributed by atoms with Crippen LogP contribution in [-0.2, 0) is 6.42 Å². The van der Waals surface area contributed by atoms with Crippen LogP contribution >= 0.6 is 11.3 Å². The Balaban J connectivity index is 1.36. The van der Waals surface area contributed by atoms with Gasteiger partial charge in [0.1, 0.15) is 10.0 Å². The van der Waals surface area contributed by atoms with Gasteiger partial charge in [-0.3, -0.25) is 0 Å². The Bertz CT molecular complexity index is 488. The van der Waals surface area contributed by atoms with Crippen molar-refractivity contribution in [3.8, 4) is 0 Å². The van der Waals surface area contributed by atoms with Crippen LogP contribution in [0.15, 0.2) is 0 Å². The lowest BCUT2D eigenvalue weighted by Gasteiger charge is -2.19. The van der Waals surface area contributed by atoms with Crippen LogP contribution in [0.25, 0.3) is 0 Å². The van der Waals surface area contributed by atoms with Gasteiger partial charge in [-0.25, -0.2) is 0 Å². The van der Waals surface area contributed by atoms with E-state index in [0.29, 0.717) is 0 Å². The zero-order valence-electron chi connectivity index (χ0n) is 12.7. The Morgan fingerprint density at radius 3 is 2.50 bits per heavy atom. The van der Waals surface area contributed by atoms with Gasteiger partial charge in [-0.1, -0.05) is 0 Å². The molecule has 1 aromatic heterocycles. The minimum absolute atomic E-state index is 0.195. The molecule has 0 aromatic carbocycles. The number of rotatable bonds is 4. The molecule has 0 spiro atoms. The highest BCUT2D eigenvalue weighted by Crippen LogP contribution is 2.73. The lowest BCUT2D eigenvalue weighted by Crippen LogP contribution is -2.37. The van der Waals surface area contributed by atoms with Crippen molar-refractivity contribution in [3.63, 3.8) is 0 Å². The third kappa shape index (κ3) is 2.21. The average Bonchev–Trinajstić information content (AvgIpc) is 2.78. The van der Waals surface area contributed by atoms with Crippen LogP contribution in [0, 0.1) is 23.7 Å². The largest absolute Gasteiger partial charge is 0.312 e. The number of aromatic nitrogens is 2. The Labute approximate surface area is 125 Å². The van der Waals surface area contributed by atoms with E-state index < -0.39 is 0 Å². The van der Waals surface area contributed by atoms with Crippen molar-refractivity contribution in [1.29, 1.82) is 0 Å². The molecule has 0 amide bonds. The molecule has 4 unspecified atom stereocenters. The van der Waals surface area contributed by atoms with E-state index in [0.717, 1.165) is 42.6 Å². The first-order valence-corrected chi connectivity index (χ1v) is 8.92. The maximum Gasteiger partial charge on any atom is 0.121 e. The molecule has 3 saturated carbocycles. The third-order valence-corrected chi connectivity index (χ3v) is 6.58. The van der Waals surface area contributed by atoms with Crippen LogP contribution < -0.4 is 5.32 Å². The minimum atomic E-state index is 0.195. The van der Waals surface area contributed by atoms with Crippen LogP contribution in [-0.4, -0.2) is 22.3 Å². The highest BCUT2D eigenvalue weighted by Gasteiger charge is 2.66. The summed E-state index contributed by atoms with van der Waals surface area (Å²) >= 11 is 1.88. The summed E-state index contributed by atoms with van der Waals surface area (Å²) in [6.45, 7) is 7.62. The van der Waals surface area contributed by atoms with Crippen molar-refractivity contribution >= 4 is 11.3 Å². The SMILES string of the molecule is CC(C)(C)NCCc1nnc(C2C3C4CCC(C4)C23)s1. The first-order chi connectivity index (χ1) is 9.53. The van der Waals surface area contributed by atoms with Crippen molar-refractivity contribution < 1.29 is 0 Å². The van der Waals surface area contributed by atoms with E-state index in [9.17, 15) is 0 Å². The van der Waals surface area contributed by atoms with Crippen LogP contribution in [0.3, 0.4) is 0 Å². The number of fused-ring (bicyclic) bond motifs is 5. The van der Waals surface area contributed by atoms with Gasteiger partial charge in [0, 0.05) is 24.4 Å². The van der Waals surface area contributed by atoms with E-state index in [1.165, 1.54) is 29.3 Å². The van der Waals surface area contributed by atoms with Gasteiger partial charge < -0.3 is 5.32 Å². The van der Waals surface area contributed by atoms with Gasteiger partial charge in [-0.15, -0.1) is 21.5 Å². The fourth-order valence-corrected chi connectivity index (χ4v) is 5.76. The molecule has 1 aromatic rings. The molecule has 110 valence electrons. The molecular weight excluding hydrogens is 266 g/mol. The normalized spacial score (nSPS) is 38.2. The molecule has 0 saturated heterocycles. The van der Waals surface area contributed by atoms with Crippen molar-refractivity contribution in [2.45, 2.75) is 57.9 Å². The van der Waals surface area contributed by atoms with Gasteiger partial charge >= 0.3 is 0 Å². The Hall–Kier alpha value is -0.480. The van der Waals surface area contributed by atoms with Crippen LogP contribution in [0.1, 0.15) is 56.0 Å². The molecule has 1 heterocycles. The maximum absolute atomic E-state index is 4.51. The zero-order chi connectivity index (χ0) is 13.9. The summed E-state index contributed by atoms with van der Waals surface area (Å²) in [7, 11) is 0. The standard InChI is InChI=1S/C16H25N3S/c1-16(2,3)17-7-6-11-18-19-15(20-11)14-12-9-4-5-10(8-9)13(12)14/h9-10,12-14,17H,4-8H2,1-3H3. The molecule has 4 atom stereocenters. The van der Waals surface area contributed by atoms with Crippen molar-refractivity contribution in [2.75, 3.05) is 6.54 Å². The predicted molar refractivity (Wildman–Crippen MR) is 81.9 cm³/mol. The van der Waals surface area contributed by atoms with E-state index in [1.54, 1.807) is 0 Å². The summed E-state index contributed by atoms with van der Waals surface area (Å²) in [4.78, 5) is 0. The van der Waals surface area contributed by atoms with Gasteiger partial charge in [0.2, 0.25) is 0 Å². The molecule has 0 aliphatic heterocycles. The van der Waals surface area contributed by atoms with E-state index in [2.05, 4.69) is 36.3 Å². The average molecular weight is 291 g/mol. The number of nitrogens with one attached hydrogen (secondary N) is 1. The number of hydrogen-bond donors (Lipinski definition) is 1. The highest BCUT2D eigenvalue weighted by molar-refractivity contribution is 7.11. The fourth-order valence-electron chi connectivity index (χ4n) is 4.70. The van der Waals surface area contributed by atoms with E-state index in [1.807, 2.05) is 11.3 Å². The number of nitrogens with zero attached hydrogens (tertiary/aromatic N) is 2. The summed E-state index contributed by atoms with van der Waals surface area (Å²) in [5.74, 6) is 4.84. The van der Waals surface area contributed by atoms with Crippen molar-refractivity contribution in [3.05, 3.63) is 10.0 Å². The van der Waals surface area contributed by atoms with Crippen LogP contribution in [0.4, 0.5) is 0 Å². The van der Waals surface area contributed by atoms with Gasteiger partial charge in [0.05, 0.1) is 0 Å². The first kappa shape index (κ1) is 13.2. The second-order valence-corrected chi connectivity index (χ2v) is 9.07. The molecule has 4 heteroatoms. The lowest BCUT2D eigenvalue weighted by molar-refractivity contribution is 0.429. The van der Waals surface area contributed by atoms with Crippen LogP contribution in [0.2, 0.25) is 0 Å². The monoisotopic (exact) mass is 291 g/mol. The topological polar surface area (TPSA) is 37.8 Å². The van der Waals surface area contributed by atoms with Gasteiger partial charge in [0.25, 0.3) is 0 Å². The molecule has 2 bridgehead atoms. The maximum atomic E-state index is 4.51. The molecule has 20 heavy (non-hydrogen) atoms. The predicted octanol–water partition coefficient (Wildman–Crippen LogP) is 3.23. The fraction of sp³-hybridized carbons (Fsp3) is 0.875. The van der Waals surface area contributed by atoms with E-state index >= 15 is 0 Å². The molecule has 3 nitrogen and oxygen atoms in total. The zero-order valence-corrected chi connectivity index (χ0v) is 13.5. The van der Waals surface area contributed by atoms with E-state index in [-0.39, 0.29) is 5.54 Å². The molecule has 3 aliphatic carbocycles. The lowest BCUT2D eigenvalue weighted by atomic mass is 10.0. The van der Waals surface area contributed by atoms with Gasteiger partial charge in [-0.05, 0) is 63.7 Å². The first-order valence-electron chi connectivity index (χ1n) is 8.10. The van der Waals surface area contributed by atoms with Gasteiger partial charge in [0.15, 0.2) is 0 Å². The summed E-state index contributed by atoms with van der Waals surface area (Å²) in [5.41, 5.74) is 0.195. The van der Waals surface area contributed by atoms with E-state index in [4.69, 9.17) is 0 Å². The Morgan fingerprint density at radius 2 is 1.85 bits per heavy atom. The molecule has 1 N–H and O–H groups in total. The molecular formula is C16H25N3S. The smallest absolute Gasteiger partial charge is 0.121 e. The quantitative estimate of drug-likeness (QED) is 0.925. The van der Waals surface area contributed by atoms with Gasteiger partial charge in [-0.2, -0.15) is 0 Å². The summed E-state index contributed by atoms with van der Waals surface area (Å²) in [6, 6.07) is 0. The highest BCUT2D eigenvalue weighted by atomic mass is 32.1. The summed E-state index contributed by atoms with van der Waals surface area (Å²) in [5, 5.41) is 15.0. The van der Waals surface area contributed by atoms with Crippen LogP contribution in [0.5, 0.6) is 0 Å². The third-order valence-electron chi connectivity index (χ3n) is 5.50. The summed E-state index contributed by atoms with van der Waals surface area (Å²) < 4.78 is 0. The second-order valence-electron chi connectivity index (χ2n) is 7.97. The van der Waals surface area contributed by atoms with Crippen molar-refractivity contribution in [2.24, 2.45) is 23.7 Å². The molecule has 3 aliphatic rings. The molecule has 4 rings (SSSR count).